The number of aliphatic hydroxyl groups is 1. The van der Waals surface area contributed by atoms with Crippen molar-refractivity contribution >= 4 is 27.4 Å². The Morgan fingerprint density at radius 1 is 1.08 bits per heavy atom. The van der Waals surface area contributed by atoms with E-state index < -0.39 is 39.0 Å². The van der Waals surface area contributed by atoms with Gasteiger partial charge in [-0.05, 0) is 29.8 Å². The molecule has 2 aromatic carbocycles. The van der Waals surface area contributed by atoms with E-state index in [1.807, 2.05) is 0 Å². The summed E-state index contributed by atoms with van der Waals surface area (Å²) < 4.78 is 25.8. The van der Waals surface area contributed by atoms with E-state index in [9.17, 15) is 23.4 Å². The Bertz CT molecular complexity index is 864. The van der Waals surface area contributed by atoms with Crippen LogP contribution in [-0.4, -0.2) is 36.5 Å². The minimum Gasteiger partial charge on any atom is -0.481 e. The molecule has 0 aromatic heterocycles. The molecular formula is C17H15ClO5S. The third-order valence-electron chi connectivity index (χ3n) is 4.55. The Balaban J connectivity index is 2.11. The maximum absolute atomic E-state index is 12.9. The van der Waals surface area contributed by atoms with E-state index in [1.54, 1.807) is 42.5 Å². The second-order valence-corrected chi connectivity index (χ2v) is 8.32. The number of aliphatic carboxylic acids is 1. The lowest BCUT2D eigenvalue weighted by molar-refractivity contribution is -0.145. The van der Waals surface area contributed by atoms with E-state index in [-0.39, 0.29) is 4.90 Å². The quantitative estimate of drug-likeness (QED) is 0.847. The molecule has 126 valence electrons. The fourth-order valence-corrected chi connectivity index (χ4v) is 5.78. The third kappa shape index (κ3) is 2.42. The van der Waals surface area contributed by atoms with Crippen LogP contribution in [0.5, 0.6) is 0 Å². The van der Waals surface area contributed by atoms with E-state index in [4.69, 9.17) is 11.6 Å². The first-order valence-electron chi connectivity index (χ1n) is 7.24. The highest BCUT2D eigenvalue weighted by Crippen LogP contribution is 2.64. The molecule has 3 unspecified atom stereocenters. The molecular weight excluding hydrogens is 352 g/mol. The Kier molecular flexibility index (Phi) is 4.15. The second kappa shape index (κ2) is 5.88. The van der Waals surface area contributed by atoms with Crippen LogP contribution in [0, 0.1) is 5.41 Å². The topological polar surface area (TPSA) is 91.7 Å². The third-order valence-corrected chi connectivity index (χ3v) is 7.09. The SMILES string of the molecule is O=C(O)C1(CO)C(c2ccc(Cl)cc2)C1S(=O)(=O)c1ccccc1. The molecule has 3 atom stereocenters. The molecule has 1 aliphatic carbocycles. The fourth-order valence-electron chi connectivity index (χ4n) is 3.27. The summed E-state index contributed by atoms with van der Waals surface area (Å²) in [6, 6.07) is 14.0. The zero-order chi connectivity index (χ0) is 17.5. The van der Waals surface area contributed by atoms with Crippen molar-refractivity contribution in [2.75, 3.05) is 6.61 Å². The maximum Gasteiger partial charge on any atom is 0.314 e. The molecule has 0 bridgehead atoms. The molecule has 0 amide bonds. The number of halogens is 1. The van der Waals surface area contributed by atoms with Gasteiger partial charge >= 0.3 is 5.97 Å². The number of carboxylic acid groups (broad SMARTS) is 1. The molecule has 7 heteroatoms. The first-order valence-corrected chi connectivity index (χ1v) is 9.17. The predicted molar refractivity (Wildman–Crippen MR) is 88.8 cm³/mol. The maximum atomic E-state index is 12.9. The summed E-state index contributed by atoms with van der Waals surface area (Å²) in [6.07, 6.45) is 0. The molecule has 2 N–H and O–H groups in total. The Morgan fingerprint density at radius 3 is 2.17 bits per heavy atom. The lowest BCUT2D eigenvalue weighted by atomic mass is 10.0. The van der Waals surface area contributed by atoms with Crippen LogP contribution in [0.1, 0.15) is 11.5 Å². The number of benzene rings is 2. The molecule has 1 saturated carbocycles. The Morgan fingerprint density at radius 2 is 1.67 bits per heavy atom. The smallest absolute Gasteiger partial charge is 0.314 e. The van der Waals surface area contributed by atoms with E-state index in [1.165, 1.54) is 12.1 Å². The van der Waals surface area contributed by atoms with Crippen molar-refractivity contribution in [1.29, 1.82) is 0 Å². The van der Waals surface area contributed by atoms with Crippen molar-refractivity contribution in [2.45, 2.75) is 16.1 Å². The Labute approximate surface area is 144 Å². The van der Waals surface area contributed by atoms with E-state index >= 15 is 0 Å². The van der Waals surface area contributed by atoms with Gasteiger partial charge in [0.05, 0.1) is 16.8 Å². The van der Waals surface area contributed by atoms with Crippen LogP contribution in [-0.2, 0) is 14.6 Å². The second-order valence-electron chi connectivity index (χ2n) is 5.81. The van der Waals surface area contributed by atoms with Crippen molar-refractivity contribution in [3.8, 4) is 0 Å². The normalized spacial score (nSPS) is 26.1. The van der Waals surface area contributed by atoms with Gasteiger partial charge in [-0.15, -0.1) is 0 Å². The van der Waals surface area contributed by atoms with E-state index in [2.05, 4.69) is 0 Å². The molecule has 0 aliphatic heterocycles. The first-order chi connectivity index (χ1) is 11.4. The Hall–Kier alpha value is -1.89. The largest absolute Gasteiger partial charge is 0.481 e. The molecule has 2 aromatic rings. The fraction of sp³-hybridized carbons (Fsp3) is 0.235. The lowest BCUT2D eigenvalue weighted by Crippen LogP contribution is -2.27. The van der Waals surface area contributed by atoms with Gasteiger partial charge in [0, 0.05) is 10.9 Å². The van der Waals surface area contributed by atoms with Crippen LogP contribution in [0.2, 0.25) is 5.02 Å². The van der Waals surface area contributed by atoms with Crippen LogP contribution in [0.15, 0.2) is 59.5 Å². The zero-order valence-electron chi connectivity index (χ0n) is 12.5. The highest BCUT2D eigenvalue weighted by atomic mass is 35.5. The first kappa shape index (κ1) is 17.0. The van der Waals surface area contributed by atoms with Crippen molar-refractivity contribution in [3.63, 3.8) is 0 Å². The van der Waals surface area contributed by atoms with Crippen molar-refractivity contribution < 1.29 is 23.4 Å². The molecule has 0 spiro atoms. The molecule has 1 fully saturated rings. The van der Waals surface area contributed by atoms with Crippen LogP contribution in [0.25, 0.3) is 0 Å². The van der Waals surface area contributed by atoms with E-state index in [0.717, 1.165) is 0 Å². The van der Waals surface area contributed by atoms with Crippen LogP contribution in [0.4, 0.5) is 0 Å². The van der Waals surface area contributed by atoms with Crippen molar-refractivity contribution in [2.24, 2.45) is 5.41 Å². The average molecular weight is 367 g/mol. The predicted octanol–water partition coefficient (Wildman–Crippen LogP) is 2.34. The minimum atomic E-state index is -3.91. The number of hydrogen-bond donors (Lipinski definition) is 2. The van der Waals surface area contributed by atoms with Gasteiger partial charge in [-0.1, -0.05) is 41.9 Å². The monoisotopic (exact) mass is 366 g/mol. The highest BCUT2D eigenvalue weighted by Gasteiger charge is 2.75. The summed E-state index contributed by atoms with van der Waals surface area (Å²) in [5.41, 5.74) is -1.22. The molecule has 0 heterocycles. The number of carboxylic acids is 1. The molecule has 0 saturated heterocycles. The summed E-state index contributed by atoms with van der Waals surface area (Å²) in [4.78, 5) is 11.8. The van der Waals surface area contributed by atoms with Gasteiger partial charge < -0.3 is 10.2 Å². The van der Waals surface area contributed by atoms with Gasteiger partial charge in [-0.3, -0.25) is 4.79 Å². The van der Waals surface area contributed by atoms with Gasteiger partial charge in [0.25, 0.3) is 0 Å². The average Bonchev–Trinajstić information content (AvgIpc) is 3.28. The van der Waals surface area contributed by atoms with Crippen LogP contribution < -0.4 is 0 Å². The van der Waals surface area contributed by atoms with Crippen LogP contribution in [0.3, 0.4) is 0 Å². The summed E-state index contributed by atoms with van der Waals surface area (Å²) in [7, 11) is -3.91. The van der Waals surface area contributed by atoms with E-state index in [0.29, 0.717) is 10.6 Å². The van der Waals surface area contributed by atoms with Crippen molar-refractivity contribution in [3.05, 3.63) is 65.2 Å². The van der Waals surface area contributed by atoms with Crippen LogP contribution >= 0.6 is 11.6 Å². The highest BCUT2D eigenvalue weighted by molar-refractivity contribution is 7.92. The summed E-state index contributed by atoms with van der Waals surface area (Å²) in [5.74, 6) is -2.16. The van der Waals surface area contributed by atoms with Gasteiger partial charge in [0.1, 0.15) is 5.41 Å². The van der Waals surface area contributed by atoms with Gasteiger partial charge in [0.15, 0.2) is 9.84 Å². The molecule has 24 heavy (non-hydrogen) atoms. The standard InChI is InChI=1S/C17H15ClO5S/c18-12-8-6-11(7-9-12)14-15(17(14,10-19)16(20)21)24(22,23)13-4-2-1-3-5-13/h1-9,14-15,19H,10H2,(H,20,21). The molecule has 3 rings (SSSR count). The zero-order valence-corrected chi connectivity index (χ0v) is 14.0. The minimum absolute atomic E-state index is 0.0468. The van der Waals surface area contributed by atoms with Gasteiger partial charge in [-0.2, -0.15) is 0 Å². The number of aliphatic hydroxyl groups excluding tert-OH is 1. The number of rotatable bonds is 5. The van der Waals surface area contributed by atoms with Crippen molar-refractivity contribution in [1.82, 2.24) is 0 Å². The molecule has 1 aliphatic rings. The molecule has 0 radical (unpaired) electrons. The summed E-state index contributed by atoms with van der Waals surface area (Å²) in [6.45, 7) is -0.758. The summed E-state index contributed by atoms with van der Waals surface area (Å²) in [5, 5.41) is 18.6. The number of carbonyl (C=O) groups is 1. The summed E-state index contributed by atoms with van der Waals surface area (Å²) >= 11 is 5.84. The van der Waals surface area contributed by atoms with Gasteiger partial charge in [-0.25, -0.2) is 8.42 Å². The molecule has 5 nitrogen and oxygen atoms in total. The lowest BCUT2D eigenvalue weighted by Gasteiger charge is -2.09. The number of sulfone groups is 1. The van der Waals surface area contributed by atoms with Gasteiger partial charge in [0.2, 0.25) is 0 Å². The number of hydrogen-bond acceptors (Lipinski definition) is 4.